The SMILES string of the molecule is c1cc(-c2ccc(N(c3ccccc3-c3ccc4oc5ccccc5c4c3)c3cccc4ccccc34)cc2)cc(-c2cccc3ccccc23)c1. The third-order valence-corrected chi connectivity index (χ3v) is 10.3. The Kier molecular flexibility index (Phi) is 7.18. The minimum Gasteiger partial charge on any atom is -0.456 e. The van der Waals surface area contributed by atoms with E-state index >= 15 is 0 Å². The minimum absolute atomic E-state index is 0.897. The van der Waals surface area contributed by atoms with Gasteiger partial charge in [0.2, 0.25) is 0 Å². The van der Waals surface area contributed by atoms with E-state index in [0.29, 0.717) is 0 Å². The average molecular weight is 664 g/mol. The van der Waals surface area contributed by atoms with Crippen molar-refractivity contribution in [1.29, 1.82) is 0 Å². The van der Waals surface area contributed by atoms with Crippen molar-refractivity contribution in [2.75, 3.05) is 4.90 Å². The van der Waals surface area contributed by atoms with E-state index in [1.54, 1.807) is 0 Å². The lowest BCUT2D eigenvalue weighted by molar-refractivity contribution is 0.669. The molecule has 244 valence electrons. The van der Waals surface area contributed by atoms with Crippen LogP contribution in [0, 0.1) is 0 Å². The van der Waals surface area contributed by atoms with E-state index in [4.69, 9.17) is 4.42 Å². The average Bonchev–Trinajstić information content (AvgIpc) is 3.59. The fourth-order valence-electron chi connectivity index (χ4n) is 7.76. The zero-order chi connectivity index (χ0) is 34.4. The first-order valence-corrected chi connectivity index (χ1v) is 17.8. The summed E-state index contributed by atoms with van der Waals surface area (Å²) in [6.45, 7) is 0. The van der Waals surface area contributed by atoms with E-state index in [-0.39, 0.29) is 0 Å². The standard InChI is InChI=1S/C50H33NO/c1-3-18-41-35(12-1)14-10-22-42(41)38-17-9-16-37(32-38)34-26-29-40(30-27-34)51(48-24-11-15-36-13-2-4-19-43(36)48)47-23-7-5-20-44(47)39-28-31-50-46(33-39)45-21-6-8-25-49(45)52-50/h1-33H. The Bertz CT molecular complexity index is 2910. The van der Waals surface area contributed by atoms with Crippen molar-refractivity contribution >= 4 is 60.5 Å². The number of benzene rings is 9. The number of anilines is 3. The van der Waals surface area contributed by atoms with E-state index in [0.717, 1.165) is 50.1 Å². The van der Waals surface area contributed by atoms with Crippen molar-refractivity contribution in [3.05, 3.63) is 200 Å². The van der Waals surface area contributed by atoms with E-state index in [2.05, 4.69) is 193 Å². The molecule has 1 heterocycles. The first-order chi connectivity index (χ1) is 25.8. The maximum absolute atomic E-state index is 6.20. The second-order valence-electron chi connectivity index (χ2n) is 13.3. The van der Waals surface area contributed by atoms with Crippen LogP contribution in [0.2, 0.25) is 0 Å². The van der Waals surface area contributed by atoms with Gasteiger partial charge in [-0.3, -0.25) is 0 Å². The fraction of sp³-hybridized carbons (Fsp3) is 0. The van der Waals surface area contributed by atoms with Crippen LogP contribution in [0.1, 0.15) is 0 Å². The van der Waals surface area contributed by atoms with Gasteiger partial charge in [0, 0.05) is 27.4 Å². The van der Waals surface area contributed by atoms with Crippen molar-refractivity contribution in [3.8, 4) is 33.4 Å². The molecule has 10 rings (SSSR count). The van der Waals surface area contributed by atoms with E-state index in [1.165, 1.54) is 43.8 Å². The van der Waals surface area contributed by atoms with Crippen molar-refractivity contribution in [2.24, 2.45) is 0 Å². The predicted molar refractivity (Wildman–Crippen MR) is 220 cm³/mol. The molecule has 2 heteroatoms. The van der Waals surface area contributed by atoms with Gasteiger partial charge in [-0.15, -0.1) is 0 Å². The summed E-state index contributed by atoms with van der Waals surface area (Å²) in [6, 6.07) is 71.8. The largest absolute Gasteiger partial charge is 0.456 e. The molecule has 0 saturated heterocycles. The van der Waals surface area contributed by atoms with Crippen LogP contribution < -0.4 is 4.90 Å². The zero-order valence-corrected chi connectivity index (χ0v) is 28.4. The van der Waals surface area contributed by atoms with Crippen LogP contribution in [0.25, 0.3) is 76.9 Å². The molecule has 0 aliphatic heterocycles. The van der Waals surface area contributed by atoms with E-state index in [9.17, 15) is 0 Å². The monoisotopic (exact) mass is 663 g/mol. The third-order valence-electron chi connectivity index (χ3n) is 10.3. The van der Waals surface area contributed by atoms with Crippen molar-refractivity contribution in [3.63, 3.8) is 0 Å². The van der Waals surface area contributed by atoms with Crippen molar-refractivity contribution in [1.82, 2.24) is 0 Å². The molecular formula is C50H33NO. The maximum atomic E-state index is 6.20. The number of nitrogens with zero attached hydrogens (tertiary/aromatic N) is 1. The molecule has 9 aromatic carbocycles. The molecular weight excluding hydrogens is 631 g/mol. The molecule has 0 fully saturated rings. The molecule has 0 aliphatic rings. The highest BCUT2D eigenvalue weighted by atomic mass is 16.3. The minimum atomic E-state index is 0.897. The summed E-state index contributed by atoms with van der Waals surface area (Å²) in [5.74, 6) is 0. The highest BCUT2D eigenvalue weighted by Gasteiger charge is 2.20. The Hall–Kier alpha value is -6.90. The molecule has 0 radical (unpaired) electrons. The van der Waals surface area contributed by atoms with Crippen LogP contribution in [0.5, 0.6) is 0 Å². The van der Waals surface area contributed by atoms with Crippen LogP contribution >= 0.6 is 0 Å². The predicted octanol–water partition coefficient (Wildman–Crippen LogP) is 14.4. The van der Waals surface area contributed by atoms with Gasteiger partial charge in [-0.05, 0) is 92.5 Å². The summed E-state index contributed by atoms with van der Waals surface area (Å²) < 4.78 is 6.20. The highest BCUT2D eigenvalue weighted by molar-refractivity contribution is 6.07. The lowest BCUT2D eigenvalue weighted by Crippen LogP contribution is -2.11. The van der Waals surface area contributed by atoms with Gasteiger partial charge in [0.15, 0.2) is 0 Å². The van der Waals surface area contributed by atoms with Gasteiger partial charge in [-0.1, -0.05) is 152 Å². The lowest BCUT2D eigenvalue weighted by Gasteiger charge is -2.29. The summed E-state index contributed by atoms with van der Waals surface area (Å²) in [6.07, 6.45) is 0. The molecule has 0 saturated carbocycles. The molecule has 0 amide bonds. The summed E-state index contributed by atoms with van der Waals surface area (Å²) >= 11 is 0. The Balaban J connectivity index is 1.11. The van der Waals surface area contributed by atoms with Crippen LogP contribution in [0.15, 0.2) is 205 Å². The molecule has 0 spiro atoms. The molecule has 0 N–H and O–H groups in total. The number of fused-ring (bicyclic) bond motifs is 5. The number of hydrogen-bond donors (Lipinski definition) is 0. The van der Waals surface area contributed by atoms with Gasteiger partial charge >= 0.3 is 0 Å². The molecule has 0 aliphatic carbocycles. The molecule has 0 bridgehead atoms. The number of furan rings is 1. The van der Waals surface area contributed by atoms with Gasteiger partial charge in [0.25, 0.3) is 0 Å². The topological polar surface area (TPSA) is 16.4 Å². The fourth-order valence-corrected chi connectivity index (χ4v) is 7.76. The summed E-state index contributed by atoms with van der Waals surface area (Å²) in [7, 11) is 0. The van der Waals surface area contributed by atoms with Gasteiger partial charge < -0.3 is 9.32 Å². The Labute approximate surface area is 302 Å². The molecule has 2 nitrogen and oxygen atoms in total. The number of rotatable bonds is 6. The first kappa shape index (κ1) is 30.0. The smallest absolute Gasteiger partial charge is 0.135 e. The van der Waals surface area contributed by atoms with Crippen LogP contribution in [0.4, 0.5) is 17.1 Å². The number of hydrogen-bond acceptors (Lipinski definition) is 2. The Morgan fingerprint density at radius 2 is 0.865 bits per heavy atom. The molecule has 0 unspecified atom stereocenters. The maximum Gasteiger partial charge on any atom is 0.135 e. The van der Waals surface area contributed by atoms with Gasteiger partial charge in [-0.2, -0.15) is 0 Å². The highest BCUT2D eigenvalue weighted by Crippen LogP contribution is 2.45. The molecule has 1 aromatic heterocycles. The van der Waals surface area contributed by atoms with Crippen LogP contribution in [-0.2, 0) is 0 Å². The van der Waals surface area contributed by atoms with E-state index < -0.39 is 0 Å². The van der Waals surface area contributed by atoms with E-state index in [1.807, 2.05) is 12.1 Å². The van der Waals surface area contributed by atoms with Crippen LogP contribution in [-0.4, -0.2) is 0 Å². The van der Waals surface area contributed by atoms with Crippen LogP contribution in [0.3, 0.4) is 0 Å². The van der Waals surface area contributed by atoms with Crippen molar-refractivity contribution < 1.29 is 4.42 Å². The summed E-state index contributed by atoms with van der Waals surface area (Å²) in [5.41, 5.74) is 12.2. The summed E-state index contributed by atoms with van der Waals surface area (Å²) in [4.78, 5) is 2.41. The molecule has 0 atom stereocenters. The zero-order valence-electron chi connectivity index (χ0n) is 28.4. The quantitative estimate of drug-likeness (QED) is 0.176. The van der Waals surface area contributed by atoms with Gasteiger partial charge in [0.05, 0.1) is 11.4 Å². The normalized spacial score (nSPS) is 11.5. The third kappa shape index (κ3) is 5.12. The molecule has 52 heavy (non-hydrogen) atoms. The first-order valence-electron chi connectivity index (χ1n) is 17.8. The van der Waals surface area contributed by atoms with Crippen molar-refractivity contribution in [2.45, 2.75) is 0 Å². The number of para-hydroxylation sites is 2. The Morgan fingerprint density at radius 3 is 1.73 bits per heavy atom. The molecule has 10 aromatic rings. The van der Waals surface area contributed by atoms with Gasteiger partial charge in [0.1, 0.15) is 11.2 Å². The second-order valence-corrected chi connectivity index (χ2v) is 13.3. The van der Waals surface area contributed by atoms with Gasteiger partial charge in [-0.25, -0.2) is 0 Å². The Morgan fingerprint density at radius 1 is 0.308 bits per heavy atom. The second kappa shape index (κ2) is 12.5. The summed E-state index contributed by atoms with van der Waals surface area (Å²) in [5, 5.41) is 7.17. The lowest BCUT2D eigenvalue weighted by atomic mass is 9.95.